The average Bonchev–Trinajstić information content (AvgIpc) is 3.15. The molecule has 22 heavy (non-hydrogen) atoms. The minimum Gasteiger partial charge on any atom is -0.439 e. The Morgan fingerprint density at radius 1 is 1.41 bits per heavy atom. The number of benzene rings is 1. The van der Waals surface area contributed by atoms with Crippen molar-refractivity contribution in [1.82, 2.24) is 9.88 Å². The Labute approximate surface area is 129 Å². The van der Waals surface area contributed by atoms with Crippen molar-refractivity contribution in [2.24, 2.45) is 0 Å². The number of aliphatic hydroxyl groups excluding tert-OH is 1. The van der Waals surface area contributed by atoms with E-state index in [2.05, 4.69) is 9.88 Å². The normalized spacial score (nSPS) is 18.9. The lowest BCUT2D eigenvalue weighted by Gasteiger charge is -2.22. The number of aliphatic hydroxyl groups is 1. The van der Waals surface area contributed by atoms with Gasteiger partial charge in [-0.1, -0.05) is 12.1 Å². The molecule has 1 aliphatic heterocycles. The van der Waals surface area contributed by atoms with Gasteiger partial charge in [0.15, 0.2) is 5.76 Å². The van der Waals surface area contributed by atoms with Gasteiger partial charge in [-0.25, -0.2) is 9.37 Å². The molecular formula is C17H21FN2O2. The number of oxazole rings is 1. The van der Waals surface area contributed by atoms with Crippen molar-refractivity contribution in [2.75, 3.05) is 13.2 Å². The van der Waals surface area contributed by atoms with Gasteiger partial charge in [0.25, 0.3) is 0 Å². The fourth-order valence-electron chi connectivity index (χ4n) is 3.09. The number of nitrogens with zero attached hydrogens (tertiary/aromatic N) is 2. The van der Waals surface area contributed by atoms with Crippen molar-refractivity contribution in [2.45, 2.75) is 38.3 Å². The standard InChI is InChI=1S/C17H21FN2O2/c18-14-5-1-4-13(10-14)16-11-19-17(22-16)12-20-8-2-6-15(20)7-3-9-21/h1,4-5,10-11,15,21H,2-3,6-9,12H2. The van der Waals surface area contributed by atoms with Crippen molar-refractivity contribution in [3.8, 4) is 11.3 Å². The fourth-order valence-corrected chi connectivity index (χ4v) is 3.09. The van der Waals surface area contributed by atoms with Crippen LogP contribution < -0.4 is 0 Å². The van der Waals surface area contributed by atoms with E-state index in [4.69, 9.17) is 9.52 Å². The van der Waals surface area contributed by atoms with Crippen LogP contribution in [0.25, 0.3) is 11.3 Å². The molecule has 118 valence electrons. The molecular weight excluding hydrogens is 283 g/mol. The van der Waals surface area contributed by atoms with Gasteiger partial charge in [0.2, 0.25) is 5.89 Å². The smallest absolute Gasteiger partial charge is 0.209 e. The maximum absolute atomic E-state index is 13.3. The molecule has 4 nitrogen and oxygen atoms in total. The molecule has 1 fully saturated rings. The molecule has 0 amide bonds. The summed E-state index contributed by atoms with van der Waals surface area (Å²) in [5, 5.41) is 8.97. The van der Waals surface area contributed by atoms with Crippen molar-refractivity contribution in [3.05, 3.63) is 42.2 Å². The Kier molecular flexibility index (Phi) is 4.85. The Bertz CT molecular complexity index is 614. The number of rotatable bonds is 6. The fraction of sp³-hybridized carbons (Fsp3) is 0.471. The third-order valence-corrected chi connectivity index (χ3v) is 4.20. The summed E-state index contributed by atoms with van der Waals surface area (Å²) in [7, 11) is 0. The van der Waals surface area contributed by atoms with Gasteiger partial charge in [-0.15, -0.1) is 0 Å². The first kappa shape index (κ1) is 15.2. The molecule has 0 aliphatic carbocycles. The third kappa shape index (κ3) is 3.54. The minimum atomic E-state index is -0.279. The van der Waals surface area contributed by atoms with Crippen LogP contribution in [0.2, 0.25) is 0 Å². The van der Waals surface area contributed by atoms with E-state index < -0.39 is 0 Å². The molecule has 2 aromatic rings. The van der Waals surface area contributed by atoms with Crippen LogP contribution in [-0.2, 0) is 6.54 Å². The summed E-state index contributed by atoms with van der Waals surface area (Å²) in [6.07, 6.45) is 5.84. The Morgan fingerprint density at radius 2 is 2.32 bits per heavy atom. The topological polar surface area (TPSA) is 49.5 Å². The van der Waals surface area contributed by atoms with Gasteiger partial charge in [-0.05, 0) is 44.4 Å². The molecule has 0 spiro atoms. The lowest BCUT2D eigenvalue weighted by molar-refractivity contribution is 0.196. The lowest BCUT2D eigenvalue weighted by Crippen LogP contribution is -2.29. The molecule has 0 saturated carbocycles. The molecule has 1 saturated heterocycles. The summed E-state index contributed by atoms with van der Waals surface area (Å²) in [5.74, 6) is 0.981. The number of hydrogen-bond donors (Lipinski definition) is 1. The second-order valence-electron chi connectivity index (χ2n) is 5.76. The van der Waals surface area contributed by atoms with E-state index in [1.165, 1.54) is 18.6 Å². The van der Waals surface area contributed by atoms with Crippen LogP contribution in [0.15, 0.2) is 34.9 Å². The monoisotopic (exact) mass is 304 g/mol. The van der Waals surface area contributed by atoms with Crippen LogP contribution in [0, 0.1) is 5.82 Å². The van der Waals surface area contributed by atoms with Gasteiger partial charge in [0, 0.05) is 18.2 Å². The zero-order chi connectivity index (χ0) is 15.4. The van der Waals surface area contributed by atoms with E-state index in [0.29, 0.717) is 29.8 Å². The van der Waals surface area contributed by atoms with Crippen LogP contribution in [0.5, 0.6) is 0 Å². The van der Waals surface area contributed by atoms with Gasteiger partial charge in [0.05, 0.1) is 12.7 Å². The van der Waals surface area contributed by atoms with Crippen LogP contribution in [0.1, 0.15) is 31.6 Å². The van der Waals surface area contributed by atoms with E-state index in [1.807, 2.05) is 6.07 Å². The molecule has 1 N–H and O–H groups in total. The SMILES string of the molecule is OCCCC1CCCN1Cc1ncc(-c2cccc(F)c2)o1. The average molecular weight is 304 g/mol. The summed E-state index contributed by atoms with van der Waals surface area (Å²) in [4.78, 5) is 6.68. The summed E-state index contributed by atoms with van der Waals surface area (Å²) in [6.45, 7) is 1.95. The Hall–Kier alpha value is -1.72. The predicted octanol–water partition coefficient (Wildman–Crippen LogP) is 3.22. The second kappa shape index (κ2) is 7.03. The zero-order valence-electron chi connectivity index (χ0n) is 12.5. The van der Waals surface area contributed by atoms with Crippen molar-refractivity contribution in [3.63, 3.8) is 0 Å². The molecule has 1 unspecified atom stereocenters. The summed E-state index contributed by atoms with van der Waals surface area (Å²) in [5.41, 5.74) is 0.706. The molecule has 1 aromatic heterocycles. The zero-order valence-corrected chi connectivity index (χ0v) is 12.5. The van der Waals surface area contributed by atoms with Gasteiger partial charge in [-0.3, -0.25) is 4.90 Å². The maximum Gasteiger partial charge on any atom is 0.209 e. The number of aromatic nitrogens is 1. The highest BCUT2D eigenvalue weighted by Crippen LogP contribution is 2.25. The number of hydrogen-bond acceptors (Lipinski definition) is 4. The molecule has 3 rings (SSSR count). The van der Waals surface area contributed by atoms with Crippen molar-refractivity contribution in [1.29, 1.82) is 0 Å². The molecule has 2 heterocycles. The van der Waals surface area contributed by atoms with E-state index >= 15 is 0 Å². The molecule has 0 bridgehead atoms. The summed E-state index contributed by atoms with van der Waals surface area (Å²) >= 11 is 0. The van der Waals surface area contributed by atoms with Crippen LogP contribution >= 0.6 is 0 Å². The molecule has 1 atom stereocenters. The molecule has 0 radical (unpaired) electrons. The van der Waals surface area contributed by atoms with Gasteiger partial charge in [-0.2, -0.15) is 0 Å². The summed E-state index contributed by atoms with van der Waals surface area (Å²) < 4.78 is 19.0. The van der Waals surface area contributed by atoms with Crippen molar-refractivity contribution < 1.29 is 13.9 Å². The first-order chi connectivity index (χ1) is 10.8. The lowest BCUT2D eigenvalue weighted by atomic mass is 10.1. The van der Waals surface area contributed by atoms with E-state index in [0.717, 1.165) is 25.8 Å². The van der Waals surface area contributed by atoms with E-state index in [-0.39, 0.29) is 12.4 Å². The predicted molar refractivity (Wildman–Crippen MR) is 81.6 cm³/mol. The van der Waals surface area contributed by atoms with Gasteiger partial charge >= 0.3 is 0 Å². The highest BCUT2D eigenvalue weighted by molar-refractivity contribution is 5.56. The van der Waals surface area contributed by atoms with Crippen LogP contribution in [0.4, 0.5) is 4.39 Å². The largest absolute Gasteiger partial charge is 0.439 e. The molecule has 1 aliphatic rings. The van der Waals surface area contributed by atoms with Crippen LogP contribution in [-0.4, -0.2) is 34.2 Å². The quantitative estimate of drug-likeness (QED) is 0.890. The van der Waals surface area contributed by atoms with E-state index in [9.17, 15) is 4.39 Å². The van der Waals surface area contributed by atoms with Gasteiger partial charge in [0.1, 0.15) is 5.82 Å². The highest BCUT2D eigenvalue weighted by Gasteiger charge is 2.25. The first-order valence-corrected chi connectivity index (χ1v) is 7.82. The summed E-state index contributed by atoms with van der Waals surface area (Å²) in [6, 6.07) is 6.84. The molecule has 1 aromatic carbocycles. The minimum absolute atomic E-state index is 0.243. The van der Waals surface area contributed by atoms with Crippen LogP contribution in [0.3, 0.4) is 0 Å². The van der Waals surface area contributed by atoms with Gasteiger partial charge < -0.3 is 9.52 Å². The van der Waals surface area contributed by atoms with Crippen molar-refractivity contribution >= 4 is 0 Å². The second-order valence-corrected chi connectivity index (χ2v) is 5.76. The van der Waals surface area contributed by atoms with E-state index in [1.54, 1.807) is 12.3 Å². The third-order valence-electron chi connectivity index (χ3n) is 4.20. The Morgan fingerprint density at radius 3 is 3.14 bits per heavy atom. The maximum atomic E-state index is 13.3. The Balaban J connectivity index is 1.66. The molecule has 5 heteroatoms. The number of halogens is 1. The number of likely N-dealkylation sites (tertiary alicyclic amines) is 1. The first-order valence-electron chi connectivity index (χ1n) is 7.82. The highest BCUT2D eigenvalue weighted by atomic mass is 19.1.